The summed E-state index contributed by atoms with van der Waals surface area (Å²) in [5.74, 6) is -0.308. The van der Waals surface area contributed by atoms with E-state index in [0.29, 0.717) is 15.9 Å². The number of aromatic nitrogens is 1. The Labute approximate surface area is 142 Å². The van der Waals surface area contributed by atoms with Crippen molar-refractivity contribution >= 4 is 39.9 Å². The first-order valence-electron chi connectivity index (χ1n) is 6.81. The predicted molar refractivity (Wildman–Crippen MR) is 88.4 cm³/mol. The molecule has 122 valence electrons. The largest absolute Gasteiger partial charge is 0.483 e. The number of amides is 1. The van der Waals surface area contributed by atoms with Crippen LogP contribution in [0.5, 0.6) is 5.75 Å². The van der Waals surface area contributed by atoms with Crippen LogP contribution in [0.2, 0.25) is 5.02 Å². The molecule has 2 rings (SSSR count). The van der Waals surface area contributed by atoms with Crippen molar-refractivity contribution in [2.75, 3.05) is 18.5 Å². The Morgan fingerprint density at radius 3 is 2.87 bits per heavy atom. The number of rotatable bonds is 6. The summed E-state index contributed by atoms with van der Waals surface area (Å²) in [4.78, 5) is 27.3. The van der Waals surface area contributed by atoms with Gasteiger partial charge in [0.2, 0.25) is 0 Å². The molecule has 0 spiro atoms. The van der Waals surface area contributed by atoms with E-state index in [1.165, 1.54) is 5.38 Å². The monoisotopic (exact) mass is 354 g/mol. The molecule has 0 saturated carbocycles. The first kappa shape index (κ1) is 17.2. The second-order valence-corrected chi connectivity index (χ2v) is 5.80. The lowest BCUT2D eigenvalue weighted by atomic mass is 10.2. The predicted octanol–water partition coefficient (Wildman–Crippen LogP) is 3.30. The van der Waals surface area contributed by atoms with Crippen LogP contribution in [-0.2, 0) is 9.53 Å². The number of nitrogens with zero attached hydrogens (tertiary/aromatic N) is 1. The van der Waals surface area contributed by atoms with Crippen molar-refractivity contribution in [3.63, 3.8) is 0 Å². The number of anilines is 1. The van der Waals surface area contributed by atoms with Gasteiger partial charge in [-0.15, -0.1) is 11.3 Å². The number of carbonyl (C=O) groups is 2. The lowest BCUT2D eigenvalue weighted by Gasteiger charge is -2.08. The van der Waals surface area contributed by atoms with Crippen LogP contribution >= 0.6 is 22.9 Å². The molecule has 0 aliphatic heterocycles. The summed E-state index contributed by atoms with van der Waals surface area (Å²) < 4.78 is 10.3. The Bertz CT molecular complexity index is 717. The third kappa shape index (κ3) is 4.94. The highest BCUT2D eigenvalue weighted by Crippen LogP contribution is 2.22. The Morgan fingerprint density at radius 1 is 1.39 bits per heavy atom. The SMILES string of the molecule is CCOC(=O)c1csc(NC(=O)COc2ccc(Cl)cc2C)n1. The quantitative estimate of drug-likeness (QED) is 0.805. The molecule has 0 aliphatic rings. The smallest absolute Gasteiger partial charge is 0.357 e. The summed E-state index contributed by atoms with van der Waals surface area (Å²) in [6.45, 7) is 3.65. The molecule has 1 aromatic heterocycles. The van der Waals surface area contributed by atoms with Crippen molar-refractivity contribution in [1.82, 2.24) is 4.98 Å². The summed E-state index contributed by atoms with van der Waals surface area (Å²) in [5, 5.41) is 5.02. The third-order valence-electron chi connectivity index (χ3n) is 2.73. The van der Waals surface area contributed by atoms with E-state index in [9.17, 15) is 9.59 Å². The molecule has 6 nitrogen and oxygen atoms in total. The maximum absolute atomic E-state index is 11.9. The average molecular weight is 355 g/mol. The van der Waals surface area contributed by atoms with Crippen molar-refractivity contribution in [1.29, 1.82) is 0 Å². The van der Waals surface area contributed by atoms with Crippen LogP contribution in [0.4, 0.5) is 5.13 Å². The van der Waals surface area contributed by atoms with Crippen LogP contribution < -0.4 is 10.1 Å². The fraction of sp³-hybridized carbons (Fsp3) is 0.267. The summed E-state index contributed by atoms with van der Waals surface area (Å²) in [6, 6.07) is 5.14. The van der Waals surface area contributed by atoms with Gasteiger partial charge in [-0.25, -0.2) is 9.78 Å². The fourth-order valence-corrected chi connectivity index (χ4v) is 2.63. The highest BCUT2D eigenvalue weighted by atomic mass is 35.5. The van der Waals surface area contributed by atoms with Gasteiger partial charge in [-0.2, -0.15) is 0 Å². The van der Waals surface area contributed by atoms with Crippen LogP contribution in [0.15, 0.2) is 23.6 Å². The molecule has 0 saturated heterocycles. The van der Waals surface area contributed by atoms with Crippen LogP contribution in [0, 0.1) is 6.92 Å². The van der Waals surface area contributed by atoms with E-state index in [4.69, 9.17) is 21.1 Å². The van der Waals surface area contributed by atoms with Gasteiger partial charge in [-0.05, 0) is 37.6 Å². The summed E-state index contributed by atoms with van der Waals surface area (Å²) in [5.41, 5.74) is 1.01. The van der Waals surface area contributed by atoms with Gasteiger partial charge in [0.05, 0.1) is 6.61 Å². The second-order valence-electron chi connectivity index (χ2n) is 4.51. The van der Waals surface area contributed by atoms with Gasteiger partial charge in [-0.1, -0.05) is 11.6 Å². The Kier molecular flexibility index (Phi) is 5.95. The second kappa shape index (κ2) is 7.94. The molecule has 0 radical (unpaired) electrons. The van der Waals surface area contributed by atoms with Gasteiger partial charge >= 0.3 is 5.97 Å². The average Bonchev–Trinajstić information content (AvgIpc) is 2.95. The van der Waals surface area contributed by atoms with Crippen molar-refractivity contribution in [2.24, 2.45) is 0 Å². The number of nitrogens with one attached hydrogen (secondary N) is 1. The topological polar surface area (TPSA) is 77.5 Å². The van der Waals surface area contributed by atoms with Crippen LogP contribution in [0.25, 0.3) is 0 Å². The molecular weight excluding hydrogens is 340 g/mol. The van der Waals surface area contributed by atoms with E-state index in [-0.39, 0.29) is 24.8 Å². The molecule has 1 aromatic carbocycles. The van der Waals surface area contributed by atoms with Gasteiger partial charge in [0.15, 0.2) is 17.4 Å². The summed E-state index contributed by atoms with van der Waals surface area (Å²) in [7, 11) is 0. The van der Waals surface area contributed by atoms with Crippen molar-refractivity contribution in [3.05, 3.63) is 39.9 Å². The number of esters is 1. The molecule has 0 atom stereocenters. The fourth-order valence-electron chi connectivity index (χ4n) is 1.70. The van der Waals surface area contributed by atoms with Gasteiger partial charge < -0.3 is 9.47 Å². The number of thiazole rings is 1. The number of hydrogen-bond donors (Lipinski definition) is 1. The zero-order chi connectivity index (χ0) is 16.8. The normalized spacial score (nSPS) is 10.2. The molecule has 0 bridgehead atoms. The maximum atomic E-state index is 11.9. The van der Waals surface area contributed by atoms with E-state index in [1.807, 2.05) is 6.92 Å². The number of aryl methyl sites for hydroxylation is 1. The van der Waals surface area contributed by atoms with E-state index < -0.39 is 5.97 Å². The number of halogens is 1. The zero-order valence-corrected chi connectivity index (χ0v) is 14.2. The minimum atomic E-state index is -0.516. The lowest BCUT2D eigenvalue weighted by Crippen LogP contribution is -2.20. The third-order valence-corrected chi connectivity index (χ3v) is 3.72. The van der Waals surface area contributed by atoms with Crippen molar-refractivity contribution in [3.8, 4) is 5.75 Å². The highest BCUT2D eigenvalue weighted by Gasteiger charge is 2.13. The first-order chi connectivity index (χ1) is 11.0. The Hall–Kier alpha value is -2.12. The Morgan fingerprint density at radius 2 is 2.17 bits per heavy atom. The standard InChI is InChI=1S/C15H15ClN2O4S/c1-3-21-14(20)11-8-23-15(17-11)18-13(19)7-22-12-5-4-10(16)6-9(12)2/h4-6,8H,3,7H2,1-2H3,(H,17,18,19). The first-order valence-corrected chi connectivity index (χ1v) is 8.06. The molecule has 0 aliphatic carbocycles. The molecule has 2 aromatic rings. The van der Waals surface area contributed by atoms with Gasteiger partial charge in [-0.3, -0.25) is 10.1 Å². The highest BCUT2D eigenvalue weighted by molar-refractivity contribution is 7.14. The number of benzene rings is 1. The minimum Gasteiger partial charge on any atom is -0.483 e. The van der Waals surface area contributed by atoms with Crippen molar-refractivity contribution < 1.29 is 19.1 Å². The van der Waals surface area contributed by atoms with Crippen LogP contribution in [0.3, 0.4) is 0 Å². The summed E-state index contributed by atoms with van der Waals surface area (Å²) >= 11 is 7.00. The molecule has 8 heteroatoms. The van der Waals surface area contributed by atoms with E-state index >= 15 is 0 Å². The van der Waals surface area contributed by atoms with Crippen molar-refractivity contribution in [2.45, 2.75) is 13.8 Å². The molecule has 1 N–H and O–H groups in total. The molecule has 0 fully saturated rings. The molecule has 0 unspecified atom stereocenters. The minimum absolute atomic E-state index is 0.168. The molecule has 1 heterocycles. The van der Waals surface area contributed by atoms with E-state index in [0.717, 1.165) is 16.9 Å². The zero-order valence-electron chi connectivity index (χ0n) is 12.6. The van der Waals surface area contributed by atoms with Gasteiger partial charge in [0.1, 0.15) is 5.75 Å². The molecule has 23 heavy (non-hydrogen) atoms. The number of ether oxygens (including phenoxy) is 2. The molecule has 1 amide bonds. The van der Waals surface area contributed by atoms with E-state index in [1.54, 1.807) is 25.1 Å². The number of hydrogen-bond acceptors (Lipinski definition) is 6. The van der Waals surface area contributed by atoms with E-state index in [2.05, 4.69) is 10.3 Å². The Balaban J connectivity index is 1.88. The molecular formula is C15H15ClN2O4S. The van der Waals surface area contributed by atoms with Gasteiger partial charge in [0, 0.05) is 10.4 Å². The van der Waals surface area contributed by atoms with Crippen LogP contribution in [0.1, 0.15) is 23.0 Å². The van der Waals surface area contributed by atoms with Gasteiger partial charge in [0.25, 0.3) is 5.91 Å². The summed E-state index contributed by atoms with van der Waals surface area (Å²) in [6.07, 6.45) is 0. The number of carbonyl (C=O) groups excluding carboxylic acids is 2. The van der Waals surface area contributed by atoms with Crippen LogP contribution in [-0.4, -0.2) is 30.1 Å². The maximum Gasteiger partial charge on any atom is 0.357 e. The lowest BCUT2D eigenvalue weighted by molar-refractivity contribution is -0.118.